The molecule has 0 saturated heterocycles. The zero-order valence-corrected chi connectivity index (χ0v) is 10.4. The molecule has 1 rings (SSSR count). The average Bonchev–Trinajstić information content (AvgIpc) is 2.67. The second-order valence-electron chi connectivity index (χ2n) is 3.38. The summed E-state index contributed by atoms with van der Waals surface area (Å²) < 4.78 is 41.8. The van der Waals surface area contributed by atoms with Crippen molar-refractivity contribution in [3.63, 3.8) is 0 Å². The Balaban J connectivity index is 2.68. The molecule has 0 bridgehead atoms. The minimum Gasteiger partial charge on any atom is -0.467 e. The molecule has 0 aliphatic rings. The van der Waals surface area contributed by atoms with E-state index in [1.165, 1.54) is 12.3 Å². The normalized spacial score (nSPS) is 11.5. The SMILES string of the molecule is O=C(CCBr)N(Cc1ccco1)CC(F)(F)F. The first-order valence-electron chi connectivity index (χ1n) is 4.85. The van der Waals surface area contributed by atoms with Crippen molar-refractivity contribution in [1.29, 1.82) is 0 Å². The largest absolute Gasteiger partial charge is 0.467 e. The molecule has 1 heterocycles. The highest BCUT2D eigenvalue weighted by Crippen LogP contribution is 2.19. The van der Waals surface area contributed by atoms with Crippen molar-refractivity contribution >= 4 is 21.8 Å². The van der Waals surface area contributed by atoms with E-state index in [-0.39, 0.29) is 13.0 Å². The summed E-state index contributed by atoms with van der Waals surface area (Å²) in [6.45, 7) is -1.43. The quantitative estimate of drug-likeness (QED) is 0.783. The van der Waals surface area contributed by atoms with Crippen molar-refractivity contribution in [2.45, 2.75) is 19.1 Å². The Morgan fingerprint density at radius 1 is 1.47 bits per heavy atom. The van der Waals surface area contributed by atoms with Gasteiger partial charge in [-0.25, -0.2) is 0 Å². The summed E-state index contributed by atoms with van der Waals surface area (Å²) in [5.41, 5.74) is 0. The molecule has 1 aromatic rings. The van der Waals surface area contributed by atoms with Crippen LogP contribution in [0, 0.1) is 0 Å². The Kier molecular flexibility index (Phi) is 5.04. The van der Waals surface area contributed by atoms with E-state index >= 15 is 0 Å². The molecule has 0 radical (unpaired) electrons. The Morgan fingerprint density at radius 2 is 2.18 bits per heavy atom. The zero-order valence-electron chi connectivity index (χ0n) is 8.84. The van der Waals surface area contributed by atoms with Gasteiger partial charge in [0.15, 0.2) is 0 Å². The van der Waals surface area contributed by atoms with Crippen LogP contribution < -0.4 is 0 Å². The summed E-state index contributed by atoms with van der Waals surface area (Å²) in [6.07, 6.45) is -3.03. The second kappa shape index (κ2) is 6.09. The predicted octanol–water partition coefficient (Wildman–Crippen LogP) is 2.96. The molecule has 0 aliphatic heterocycles. The van der Waals surface area contributed by atoms with Gasteiger partial charge in [-0.05, 0) is 12.1 Å². The van der Waals surface area contributed by atoms with Crippen LogP contribution in [0.4, 0.5) is 13.2 Å². The number of furan rings is 1. The van der Waals surface area contributed by atoms with Gasteiger partial charge in [0, 0.05) is 11.8 Å². The fourth-order valence-electron chi connectivity index (χ4n) is 1.28. The number of carbonyl (C=O) groups is 1. The lowest BCUT2D eigenvalue weighted by molar-refractivity contribution is -0.162. The molecule has 0 unspecified atom stereocenters. The van der Waals surface area contributed by atoms with Gasteiger partial charge < -0.3 is 9.32 Å². The van der Waals surface area contributed by atoms with Gasteiger partial charge in [0.1, 0.15) is 12.3 Å². The van der Waals surface area contributed by atoms with Gasteiger partial charge in [-0.1, -0.05) is 15.9 Å². The van der Waals surface area contributed by atoms with Crippen molar-refractivity contribution in [3.8, 4) is 0 Å². The van der Waals surface area contributed by atoms with E-state index in [4.69, 9.17) is 4.42 Å². The van der Waals surface area contributed by atoms with Crippen LogP contribution in [0.2, 0.25) is 0 Å². The topological polar surface area (TPSA) is 33.5 Å². The Hall–Kier alpha value is -0.980. The smallest absolute Gasteiger partial charge is 0.406 e. The molecule has 0 N–H and O–H groups in total. The van der Waals surface area contributed by atoms with Crippen molar-refractivity contribution in [2.24, 2.45) is 0 Å². The number of halogens is 4. The summed E-state index contributed by atoms with van der Waals surface area (Å²) in [6, 6.07) is 3.10. The van der Waals surface area contributed by atoms with Crippen LogP contribution in [0.5, 0.6) is 0 Å². The summed E-state index contributed by atoms with van der Waals surface area (Å²) in [7, 11) is 0. The highest BCUT2D eigenvalue weighted by atomic mass is 79.9. The van der Waals surface area contributed by atoms with Gasteiger partial charge in [0.2, 0.25) is 5.91 Å². The molecule has 0 aliphatic carbocycles. The first-order chi connectivity index (χ1) is 7.92. The molecule has 96 valence electrons. The van der Waals surface area contributed by atoms with Gasteiger partial charge >= 0.3 is 6.18 Å². The molecule has 0 atom stereocenters. The summed E-state index contributed by atoms with van der Waals surface area (Å²) in [5.74, 6) is -0.229. The zero-order chi connectivity index (χ0) is 12.9. The summed E-state index contributed by atoms with van der Waals surface area (Å²) >= 11 is 3.02. The molecule has 1 aromatic heterocycles. The van der Waals surface area contributed by atoms with Crippen LogP contribution in [-0.4, -0.2) is 28.9 Å². The molecule has 17 heavy (non-hydrogen) atoms. The van der Waals surface area contributed by atoms with E-state index in [0.717, 1.165) is 4.90 Å². The van der Waals surface area contributed by atoms with E-state index in [2.05, 4.69) is 15.9 Å². The maximum absolute atomic E-state index is 12.3. The van der Waals surface area contributed by atoms with Gasteiger partial charge in [0.05, 0.1) is 12.8 Å². The number of nitrogens with zero attached hydrogens (tertiary/aromatic N) is 1. The molecule has 3 nitrogen and oxygen atoms in total. The predicted molar refractivity (Wildman–Crippen MR) is 58.6 cm³/mol. The maximum Gasteiger partial charge on any atom is 0.406 e. The Bertz CT molecular complexity index is 351. The van der Waals surface area contributed by atoms with Crippen LogP contribution >= 0.6 is 15.9 Å². The third kappa shape index (κ3) is 5.25. The van der Waals surface area contributed by atoms with Gasteiger partial charge in [0.25, 0.3) is 0 Å². The minimum absolute atomic E-state index is 0.0246. The lowest BCUT2D eigenvalue weighted by Crippen LogP contribution is -2.38. The highest BCUT2D eigenvalue weighted by Gasteiger charge is 2.33. The van der Waals surface area contributed by atoms with Gasteiger partial charge in [-0.3, -0.25) is 4.79 Å². The number of hydrogen-bond acceptors (Lipinski definition) is 2. The van der Waals surface area contributed by atoms with Crippen LogP contribution in [-0.2, 0) is 11.3 Å². The monoisotopic (exact) mass is 313 g/mol. The highest BCUT2D eigenvalue weighted by molar-refractivity contribution is 9.09. The van der Waals surface area contributed by atoms with E-state index in [0.29, 0.717) is 11.1 Å². The lowest BCUT2D eigenvalue weighted by Gasteiger charge is -2.22. The fraction of sp³-hybridized carbons (Fsp3) is 0.500. The molecule has 0 spiro atoms. The summed E-state index contributed by atoms with van der Waals surface area (Å²) in [5, 5.41) is 0.332. The van der Waals surface area contributed by atoms with E-state index in [1.807, 2.05) is 0 Å². The third-order valence-electron chi connectivity index (χ3n) is 1.96. The Labute approximate surface area is 105 Å². The first kappa shape index (κ1) is 14.1. The number of carbonyl (C=O) groups excluding carboxylic acids is 1. The molecular formula is C10H11BrF3NO2. The standard InChI is InChI=1S/C10H11BrF3NO2/c11-4-3-9(16)15(7-10(12,13)14)6-8-2-1-5-17-8/h1-2,5H,3-4,6-7H2. The van der Waals surface area contributed by atoms with E-state index in [9.17, 15) is 18.0 Å². The maximum atomic E-state index is 12.3. The number of hydrogen-bond donors (Lipinski definition) is 0. The lowest BCUT2D eigenvalue weighted by atomic mass is 10.3. The van der Waals surface area contributed by atoms with Crippen molar-refractivity contribution < 1.29 is 22.4 Å². The fourth-order valence-corrected chi connectivity index (χ4v) is 1.62. The number of amides is 1. The second-order valence-corrected chi connectivity index (χ2v) is 4.18. The van der Waals surface area contributed by atoms with Gasteiger partial charge in [-0.15, -0.1) is 0 Å². The van der Waals surface area contributed by atoms with E-state index in [1.54, 1.807) is 6.07 Å². The van der Waals surface area contributed by atoms with Crippen LogP contribution in [0.1, 0.15) is 12.2 Å². The number of alkyl halides is 4. The Morgan fingerprint density at radius 3 is 2.65 bits per heavy atom. The first-order valence-corrected chi connectivity index (χ1v) is 5.97. The average molecular weight is 314 g/mol. The van der Waals surface area contributed by atoms with Crippen LogP contribution in [0.25, 0.3) is 0 Å². The minimum atomic E-state index is -4.41. The van der Waals surface area contributed by atoms with Crippen molar-refractivity contribution in [1.82, 2.24) is 4.90 Å². The molecular weight excluding hydrogens is 303 g/mol. The summed E-state index contributed by atoms with van der Waals surface area (Å²) in [4.78, 5) is 12.2. The van der Waals surface area contributed by atoms with Crippen LogP contribution in [0.15, 0.2) is 22.8 Å². The molecule has 0 fully saturated rings. The molecule has 0 aromatic carbocycles. The van der Waals surface area contributed by atoms with Crippen molar-refractivity contribution in [3.05, 3.63) is 24.2 Å². The van der Waals surface area contributed by atoms with Crippen LogP contribution in [0.3, 0.4) is 0 Å². The molecule has 0 saturated carbocycles. The molecule has 7 heteroatoms. The third-order valence-corrected chi connectivity index (χ3v) is 2.35. The number of rotatable bonds is 5. The van der Waals surface area contributed by atoms with E-state index < -0.39 is 18.6 Å². The molecule has 1 amide bonds. The van der Waals surface area contributed by atoms with Gasteiger partial charge in [-0.2, -0.15) is 13.2 Å². The van der Waals surface area contributed by atoms with Crippen molar-refractivity contribution in [2.75, 3.05) is 11.9 Å².